The van der Waals surface area contributed by atoms with E-state index in [1.165, 1.54) is 0 Å². The summed E-state index contributed by atoms with van der Waals surface area (Å²) in [5.74, 6) is -3.21. The highest BCUT2D eigenvalue weighted by molar-refractivity contribution is 7.88. The van der Waals surface area contributed by atoms with Crippen LogP contribution in [0.15, 0.2) is 0 Å². The van der Waals surface area contributed by atoms with Crippen molar-refractivity contribution in [2.45, 2.75) is 24.7 Å². The Balaban J connectivity index is 3.11. The summed E-state index contributed by atoms with van der Waals surface area (Å²) < 4.78 is 25.9. The van der Waals surface area contributed by atoms with Crippen molar-refractivity contribution in [3.63, 3.8) is 0 Å². The van der Waals surface area contributed by atoms with Crippen molar-refractivity contribution >= 4 is 27.9 Å². The fourth-order valence-electron chi connectivity index (χ4n) is 4.13. The molecule has 3 unspecified atom stereocenters. The molecule has 0 aliphatic carbocycles. The zero-order chi connectivity index (χ0) is 28.9. The van der Waals surface area contributed by atoms with E-state index in [0.29, 0.717) is 0 Å². The smallest absolute Gasteiger partial charge is 0.317 e. The predicted molar refractivity (Wildman–Crippen MR) is 134 cm³/mol. The quantitative estimate of drug-likeness (QED) is 0.104. The molecule has 0 aromatic rings. The number of hydrogen-bond donors (Lipinski definition) is 7. The van der Waals surface area contributed by atoms with Gasteiger partial charge in [0.2, 0.25) is 10.0 Å². The molecule has 1 aliphatic heterocycles. The second kappa shape index (κ2) is 16.9. The van der Waals surface area contributed by atoms with E-state index in [9.17, 15) is 48.3 Å². The van der Waals surface area contributed by atoms with Gasteiger partial charge in [-0.25, -0.2) is 13.1 Å². The fraction of sp³-hybridized carbons (Fsp3) is 0.857. The highest BCUT2D eigenvalue weighted by Crippen LogP contribution is 2.09. The Morgan fingerprint density at radius 2 is 1.08 bits per heavy atom. The maximum absolute atomic E-state index is 11.8. The number of hydrogen-bond acceptors (Lipinski definition) is 12. The highest BCUT2D eigenvalue weighted by Gasteiger charge is 2.28. The van der Waals surface area contributed by atoms with Gasteiger partial charge in [-0.3, -0.25) is 34.0 Å². The molecule has 0 aromatic carbocycles. The summed E-state index contributed by atoms with van der Waals surface area (Å²) in [5.41, 5.74) is 0. The van der Waals surface area contributed by atoms with Gasteiger partial charge in [-0.1, -0.05) is 0 Å². The SMILES string of the molecule is CS(=O)(=O)NC(CC(O)CO)C(O)CN1CCN(CC(=O)O)CCN(CC(=O)O)CCN(CC(=O)O)CC1. The number of aliphatic hydroxyl groups is 3. The third-order valence-corrected chi connectivity index (χ3v) is 6.75. The predicted octanol–water partition coefficient (Wildman–Crippen LogP) is -4.52. The van der Waals surface area contributed by atoms with Crippen LogP contribution in [-0.4, -0.2) is 186 Å². The van der Waals surface area contributed by atoms with Crippen LogP contribution in [0, 0.1) is 0 Å². The molecule has 0 spiro atoms. The number of carbonyl (C=O) groups is 3. The van der Waals surface area contributed by atoms with Crippen molar-refractivity contribution in [1.82, 2.24) is 24.3 Å². The molecule has 1 saturated heterocycles. The number of sulfonamides is 1. The van der Waals surface area contributed by atoms with Crippen LogP contribution < -0.4 is 4.72 Å². The third kappa shape index (κ3) is 15.5. The van der Waals surface area contributed by atoms with Crippen molar-refractivity contribution in [3.8, 4) is 0 Å². The first kappa shape index (κ1) is 34.1. The van der Waals surface area contributed by atoms with E-state index in [1.807, 2.05) is 0 Å². The topological polar surface area (TPSA) is 232 Å². The van der Waals surface area contributed by atoms with Crippen molar-refractivity contribution in [2.24, 2.45) is 0 Å². The molecule has 0 amide bonds. The molecule has 17 heteroatoms. The minimum atomic E-state index is -3.77. The van der Waals surface area contributed by atoms with Crippen LogP contribution in [0.1, 0.15) is 6.42 Å². The van der Waals surface area contributed by atoms with E-state index in [0.717, 1.165) is 6.26 Å². The van der Waals surface area contributed by atoms with Crippen molar-refractivity contribution < 1.29 is 53.4 Å². The first-order valence-electron chi connectivity index (χ1n) is 12.2. The molecule has 1 aliphatic rings. The van der Waals surface area contributed by atoms with Gasteiger partial charge in [-0.05, 0) is 6.42 Å². The average molecular weight is 572 g/mol. The lowest BCUT2D eigenvalue weighted by Gasteiger charge is -2.35. The van der Waals surface area contributed by atoms with E-state index in [-0.39, 0.29) is 85.0 Å². The maximum atomic E-state index is 11.8. The standard InChI is InChI=1S/C21H41N5O11S/c1-38(36,37)22-17(10-16(28)15-27)18(29)11-23-2-4-24(12-19(30)31)6-8-26(14-21(34)35)9-7-25(5-3-23)13-20(32)33/h16-18,22,27-29H,2-15H2,1H3,(H,30,31)(H,32,33)(H,34,35). The zero-order valence-corrected chi connectivity index (χ0v) is 22.4. The third-order valence-electron chi connectivity index (χ3n) is 6.02. The summed E-state index contributed by atoms with van der Waals surface area (Å²) in [6.07, 6.45) is -1.95. The maximum Gasteiger partial charge on any atom is 0.317 e. The van der Waals surface area contributed by atoms with Crippen molar-refractivity contribution in [3.05, 3.63) is 0 Å². The van der Waals surface area contributed by atoms with E-state index in [2.05, 4.69) is 4.72 Å². The van der Waals surface area contributed by atoms with Crippen molar-refractivity contribution in [2.75, 3.05) is 91.4 Å². The van der Waals surface area contributed by atoms with E-state index in [4.69, 9.17) is 5.11 Å². The number of aliphatic hydroxyl groups excluding tert-OH is 3. The van der Waals surface area contributed by atoms with Crippen LogP contribution in [0.2, 0.25) is 0 Å². The number of aliphatic carboxylic acids is 3. The molecule has 0 bridgehead atoms. The van der Waals surface area contributed by atoms with Crippen LogP contribution in [0.4, 0.5) is 0 Å². The molecular weight excluding hydrogens is 530 g/mol. The molecule has 7 N–H and O–H groups in total. The molecule has 0 aromatic heterocycles. The zero-order valence-electron chi connectivity index (χ0n) is 21.6. The summed E-state index contributed by atoms with van der Waals surface area (Å²) in [6, 6.07) is -1.12. The molecule has 1 heterocycles. The molecule has 222 valence electrons. The molecular formula is C21H41N5O11S. The average Bonchev–Trinajstić information content (AvgIpc) is 2.78. The second-order valence-corrected chi connectivity index (χ2v) is 11.2. The molecule has 0 saturated carbocycles. The van der Waals surface area contributed by atoms with Gasteiger partial charge in [0, 0.05) is 58.9 Å². The molecule has 1 fully saturated rings. The highest BCUT2D eigenvalue weighted by atomic mass is 32.2. The van der Waals surface area contributed by atoms with Gasteiger partial charge < -0.3 is 30.6 Å². The minimum absolute atomic E-state index is 0.0850. The van der Waals surface area contributed by atoms with E-state index in [1.54, 1.807) is 19.6 Å². The largest absolute Gasteiger partial charge is 0.480 e. The summed E-state index contributed by atoms with van der Waals surface area (Å²) >= 11 is 0. The number of rotatable bonds is 14. The van der Waals surface area contributed by atoms with Gasteiger partial charge in [-0.15, -0.1) is 0 Å². The first-order chi connectivity index (χ1) is 17.7. The summed E-state index contributed by atoms with van der Waals surface area (Å²) in [4.78, 5) is 40.6. The first-order valence-corrected chi connectivity index (χ1v) is 14.1. The van der Waals surface area contributed by atoms with Gasteiger partial charge in [-0.2, -0.15) is 0 Å². The summed E-state index contributed by atoms with van der Waals surface area (Å²) in [7, 11) is -3.77. The molecule has 1 rings (SSSR count). The fourth-order valence-corrected chi connectivity index (χ4v) is 4.93. The Morgan fingerprint density at radius 1 is 0.737 bits per heavy atom. The number of nitrogens with zero attached hydrogens (tertiary/aromatic N) is 4. The van der Waals surface area contributed by atoms with Gasteiger partial charge in [0.15, 0.2) is 0 Å². The molecule has 38 heavy (non-hydrogen) atoms. The number of carboxylic acid groups (broad SMARTS) is 3. The Kier molecular flexibility index (Phi) is 15.1. The number of β-amino-alcohol motifs (C(OH)–C–C–N with tert-alkyl or cyclic N) is 1. The monoisotopic (exact) mass is 571 g/mol. The Morgan fingerprint density at radius 3 is 1.37 bits per heavy atom. The van der Waals surface area contributed by atoms with Gasteiger partial charge in [0.1, 0.15) is 0 Å². The Hall–Kier alpha value is -1.96. The van der Waals surface area contributed by atoms with Crippen LogP contribution in [0.5, 0.6) is 0 Å². The lowest BCUT2D eigenvalue weighted by molar-refractivity contribution is -0.140. The Bertz CT molecular complexity index is 830. The second-order valence-electron chi connectivity index (χ2n) is 9.45. The molecule has 0 radical (unpaired) electrons. The van der Waals surface area contributed by atoms with Gasteiger partial charge in [0.05, 0.1) is 50.7 Å². The normalized spacial score (nSPS) is 20.6. The minimum Gasteiger partial charge on any atom is -0.480 e. The van der Waals surface area contributed by atoms with Gasteiger partial charge in [0.25, 0.3) is 0 Å². The van der Waals surface area contributed by atoms with Crippen LogP contribution in [-0.2, 0) is 24.4 Å². The lowest BCUT2D eigenvalue weighted by Crippen LogP contribution is -2.53. The number of nitrogens with one attached hydrogen (secondary N) is 1. The Labute approximate surface area is 222 Å². The number of carboxylic acids is 3. The summed E-state index contributed by atoms with van der Waals surface area (Å²) in [6.45, 7) is 0.253. The van der Waals surface area contributed by atoms with Crippen molar-refractivity contribution in [1.29, 1.82) is 0 Å². The lowest BCUT2D eigenvalue weighted by atomic mass is 10.0. The van der Waals surface area contributed by atoms with Crippen LogP contribution in [0.3, 0.4) is 0 Å². The summed E-state index contributed by atoms with van der Waals surface area (Å²) in [5, 5.41) is 57.7. The van der Waals surface area contributed by atoms with Crippen LogP contribution >= 0.6 is 0 Å². The van der Waals surface area contributed by atoms with E-state index >= 15 is 0 Å². The molecule has 16 nitrogen and oxygen atoms in total. The van der Waals surface area contributed by atoms with Crippen LogP contribution in [0.25, 0.3) is 0 Å². The van der Waals surface area contributed by atoms with Gasteiger partial charge >= 0.3 is 17.9 Å². The molecule has 3 atom stereocenters. The van der Waals surface area contributed by atoms with E-state index < -0.39 is 52.8 Å².